The average molecular weight is 212 g/mol. The van der Waals surface area contributed by atoms with Gasteiger partial charge >= 0.3 is 0 Å². The summed E-state index contributed by atoms with van der Waals surface area (Å²) in [5.74, 6) is 0.538. The summed E-state index contributed by atoms with van der Waals surface area (Å²) in [5, 5.41) is 1.02. The van der Waals surface area contributed by atoms with Crippen LogP contribution in [-0.4, -0.2) is 29.9 Å². The molecule has 1 aromatic rings. The molecular formula is C9H16N4S. The van der Waals surface area contributed by atoms with Crippen LogP contribution in [0.1, 0.15) is 15.6 Å². The quantitative estimate of drug-likeness (QED) is 0.591. The zero-order chi connectivity index (χ0) is 10.7. The van der Waals surface area contributed by atoms with Crippen LogP contribution in [0.25, 0.3) is 0 Å². The maximum absolute atomic E-state index is 5.66. The van der Waals surface area contributed by atoms with E-state index in [4.69, 9.17) is 5.73 Å². The monoisotopic (exact) mass is 212 g/mol. The van der Waals surface area contributed by atoms with Crippen LogP contribution in [0.3, 0.4) is 0 Å². The molecule has 0 aliphatic rings. The Morgan fingerprint density at radius 3 is 2.57 bits per heavy atom. The van der Waals surface area contributed by atoms with Gasteiger partial charge in [-0.1, -0.05) is 0 Å². The molecule has 1 aromatic heterocycles. The Balaban J connectivity index is 2.66. The number of hydrogen-bond acceptors (Lipinski definition) is 3. The molecule has 1 rings (SSSR count). The predicted molar refractivity (Wildman–Crippen MR) is 60.6 cm³/mol. The molecule has 0 saturated carbocycles. The molecule has 0 radical (unpaired) electrons. The van der Waals surface area contributed by atoms with E-state index in [1.165, 1.54) is 4.88 Å². The molecule has 1 heterocycles. The van der Waals surface area contributed by atoms with E-state index in [9.17, 15) is 0 Å². The number of aryl methyl sites for hydroxylation is 2. The minimum atomic E-state index is 0.538. The number of thiazole rings is 1. The minimum Gasteiger partial charge on any atom is -0.370 e. The Morgan fingerprint density at radius 1 is 1.50 bits per heavy atom. The smallest absolute Gasteiger partial charge is 0.191 e. The van der Waals surface area contributed by atoms with Crippen molar-refractivity contribution in [3.8, 4) is 0 Å². The number of aromatic nitrogens is 1. The van der Waals surface area contributed by atoms with E-state index in [2.05, 4.69) is 16.9 Å². The molecule has 5 heteroatoms. The van der Waals surface area contributed by atoms with E-state index in [1.807, 2.05) is 21.0 Å². The van der Waals surface area contributed by atoms with E-state index in [0.717, 1.165) is 10.7 Å². The highest BCUT2D eigenvalue weighted by molar-refractivity contribution is 7.11. The predicted octanol–water partition coefficient (Wildman–Crippen LogP) is 1.14. The largest absolute Gasteiger partial charge is 0.370 e. The summed E-state index contributed by atoms with van der Waals surface area (Å²) < 4.78 is 0. The van der Waals surface area contributed by atoms with Crippen molar-refractivity contribution >= 4 is 17.3 Å². The first-order valence-corrected chi connectivity index (χ1v) is 5.22. The summed E-state index contributed by atoms with van der Waals surface area (Å²) in [6.45, 7) is 4.65. The summed E-state index contributed by atoms with van der Waals surface area (Å²) >= 11 is 1.68. The second-order valence-corrected chi connectivity index (χ2v) is 4.61. The van der Waals surface area contributed by atoms with Crippen LogP contribution in [0.4, 0.5) is 0 Å². The van der Waals surface area contributed by atoms with Crippen molar-refractivity contribution < 1.29 is 0 Å². The highest BCUT2D eigenvalue weighted by Gasteiger charge is 2.02. The molecule has 0 amide bonds. The third kappa shape index (κ3) is 2.70. The van der Waals surface area contributed by atoms with E-state index < -0.39 is 0 Å². The molecule has 0 saturated heterocycles. The summed E-state index contributed by atoms with van der Waals surface area (Å²) in [6, 6.07) is 0. The topological polar surface area (TPSA) is 54.5 Å². The number of aliphatic imine (C=N–C) groups is 1. The molecule has 0 fully saturated rings. The van der Waals surface area contributed by atoms with Gasteiger partial charge in [-0.3, -0.25) is 0 Å². The summed E-state index contributed by atoms with van der Waals surface area (Å²) in [4.78, 5) is 11.6. The number of nitrogens with zero attached hydrogens (tertiary/aromatic N) is 3. The fraction of sp³-hybridized carbons (Fsp3) is 0.556. The van der Waals surface area contributed by atoms with Gasteiger partial charge in [0.1, 0.15) is 5.01 Å². The van der Waals surface area contributed by atoms with Crippen molar-refractivity contribution in [3.05, 3.63) is 15.6 Å². The Morgan fingerprint density at radius 2 is 2.14 bits per heavy atom. The van der Waals surface area contributed by atoms with Crippen LogP contribution < -0.4 is 5.73 Å². The van der Waals surface area contributed by atoms with Crippen molar-refractivity contribution in [1.82, 2.24) is 9.88 Å². The highest BCUT2D eigenvalue weighted by Crippen LogP contribution is 2.16. The molecule has 0 bridgehead atoms. The standard InChI is InChI=1S/C9H16N4S/c1-6-7(2)14-8(12-6)5-11-9(10)13(3)4/h5H2,1-4H3,(H2,10,11). The molecule has 2 N–H and O–H groups in total. The second kappa shape index (κ2) is 4.41. The molecule has 0 spiro atoms. The molecule has 0 atom stereocenters. The lowest BCUT2D eigenvalue weighted by molar-refractivity contribution is 0.609. The molecule has 78 valence electrons. The van der Waals surface area contributed by atoms with Crippen LogP contribution in [-0.2, 0) is 6.54 Å². The number of rotatable bonds is 2. The lowest BCUT2D eigenvalue weighted by Gasteiger charge is -2.09. The SMILES string of the molecule is Cc1nc(CN=C(N)N(C)C)sc1C. The molecule has 14 heavy (non-hydrogen) atoms. The van der Waals surface area contributed by atoms with Gasteiger partial charge in [0, 0.05) is 19.0 Å². The van der Waals surface area contributed by atoms with Crippen molar-refractivity contribution in [2.45, 2.75) is 20.4 Å². The van der Waals surface area contributed by atoms with E-state index in [-0.39, 0.29) is 0 Å². The number of guanidine groups is 1. The van der Waals surface area contributed by atoms with Crippen LogP contribution in [0.15, 0.2) is 4.99 Å². The van der Waals surface area contributed by atoms with Gasteiger partial charge in [0.2, 0.25) is 0 Å². The van der Waals surface area contributed by atoms with Gasteiger partial charge in [-0.15, -0.1) is 11.3 Å². The Labute approximate surface area is 88.5 Å². The first-order chi connectivity index (χ1) is 6.50. The van der Waals surface area contributed by atoms with Crippen LogP contribution in [0, 0.1) is 13.8 Å². The van der Waals surface area contributed by atoms with Crippen molar-refractivity contribution in [1.29, 1.82) is 0 Å². The van der Waals surface area contributed by atoms with Crippen LogP contribution in [0.5, 0.6) is 0 Å². The number of hydrogen-bond donors (Lipinski definition) is 1. The van der Waals surface area contributed by atoms with Gasteiger partial charge in [-0.2, -0.15) is 0 Å². The maximum Gasteiger partial charge on any atom is 0.191 e. The molecule has 4 nitrogen and oxygen atoms in total. The molecule has 0 aliphatic carbocycles. The fourth-order valence-corrected chi connectivity index (χ4v) is 1.76. The maximum atomic E-state index is 5.66. The fourth-order valence-electron chi connectivity index (χ4n) is 0.897. The van der Waals surface area contributed by atoms with E-state index in [1.54, 1.807) is 16.2 Å². The highest BCUT2D eigenvalue weighted by atomic mass is 32.1. The van der Waals surface area contributed by atoms with Gasteiger partial charge in [-0.05, 0) is 13.8 Å². The molecule has 0 aliphatic heterocycles. The lowest BCUT2D eigenvalue weighted by Crippen LogP contribution is -2.30. The van der Waals surface area contributed by atoms with Crippen molar-refractivity contribution in [2.75, 3.05) is 14.1 Å². The summed E-state index contributed by atoms with van der Waals surface area (Å²) in [6.07, 6.45) is 0. The first kappa shape index (κ1) is 11.0. The van der Waals surface area contributed by atoms with E-state index in [0.29, 0.717) is 12.5 Å². The van der Waals surface area contributed by atoms with Gasteiger partial charge in [0.05, 0.1) is 12.2 Å². The van der Waals surface area contributed by atoms with Crippen molar-refractivity contribution in [2.24, 2.45) is 10.7 Å². The zero-order valence-corrected chi connectivity index (χ0v) is 9.85. The molecular weight excluding hydrogens is 196 g/mol. The Bertz CT molecular complexity index is 321. The first-order valence-electron chi connectivity index (χ1n) is 4.41. The normalized spacial score (nSPS) is 11.9. The summed E-state index contributed by atoms with van der Waals surface area (Å²) in [7, 11) is 3.74. The van der Waals surface area contributed by atoms with Gasteiger partial charge in [0.25, 0.3) is 0 Å². The van der Waals surface area contributed by atoms with Gasteiger partial charge in [-0.25, -0.2) is 9.98 Å². The Hall–Kier alpha value is -1.10. The third-order valence-electron chi connectivity index (χ3n) is 1.91. The minimum absolute atomic E-state index is 0.538. The van der Waals surface area contributed by atoms with Crippen molar-refractivity contribution in [3.63, 3.8) is 0 Å². The van der Waals surface area contributed by atoms with E-state index >= 15 is 0 Å². The van der Waals surface area contributed by atoms with Gasteiger partial charge in [0.15, 0.2) is 5.96 Å². The number of nitrogens with two attached hydrogens (primary N) is 1. The molecule has 0 unspecified atom stereocenters. The molecule has 0 aromatic carbocycles. The van der Waals surface area contributed by atoms with Crippen LogP contribution in [0.2, 0.25) is 0 Å². The third-order valence-corrected chi connectivity index (χ3v) is 2.96. The average Bonchev–Trinajstić information content (AvgIpc) is 2.42. The lowest BCUT2D eigenvalue weighted by atomic mass is 10.4. The Kier molecular flexibility index (Phi) is 3.46. The second-order valence-electron chi connectivity index (χ2n) is 3.32. The zero-order valence-electron chi connectivity index (χ0n) is 9.03. The van der Waals surface area contributed by atoms with Crippen LogP contribution >= 0.6 is 11.3 Å². The van der Waals surface area contributed by atoms with Gasteiger partial charge < -0.3 is 10.6 Å². The summed E-state index contributed by atoms with van der Waals surface area (Å²) in [5.41, 5.74) is 6.75.